The number of rotatable bonds is 3. The lowest BCUT2D eigenvalue weighted by Gasteiger charge is -1.99. The first kappa shape index (κ1) is 9.80. The van der Waals surface area contributed by atoms with Crippen molar-refractivity contribution in [3.63, 3.8) is 0 Å². The largest absolute Gasteiger partial charge is 0.277 e. The number of thiol groups is 1. The maximum Gasteiger partial charge on any atom is 0.227 e. The van der Waals surface area contributed by atoms with E-state index in [1.165, 1.54) is 0 Å². The lowest BCUT2D eigenvalue weighted by atomic mass is 10.1. The average Bonchev–Trinajstić information content (AvgIpc) is 2.11. The van der Waals surface area contributed by atoms with Gasteiger partial charge in [0.15, 0.2) is 0 Å². The van der Waals surface area contributed by atoms with Gasteiger partial charge in [-0.05, 0) is 30.2 Å². The zero-order valence-electron chi connectivity index (χ0n) is 7.19. The van der Waals surface area contributed by atoms with Gasteiger partial charge in [0.25, 0.3) is 0 Å². The van der Waals surface area contributed by atoms with Crippen LogP contribution in [0.5, 0.6) is 0 Å². The molecule has 0 unspecified atom stereocenters. The van der Waals surface area contributed by atoms with E-state index in [4.69, 9.17) is 0 Å². The molecule has 0 bridgehead atoms. The van der Waals surface area contributed by atoms with Crippen molar-refractivity contribution in [3.8, 4) is 0 Å². The van der Waals surface area contributed by atoms with E-state index in [-0.39, 0.29) is 0 Å². The van der Waals surface area contributed by atoms with Crippen LogP contribution in [-0.2, 0) is 4.79 Å². The van der Waals surface area contributed by atoms with E-state index >= 15 is 0 Å². The highest BCUT2D eigenvalue weighted by molar-refractivity contribution is 7.80. The van der Waals surface area contributed by atoms with Crippen LogP contribution in [-0.4, -0.2) is 12.6 Å². The third kappa shape index (κ3) is 2.91. The second-order valence-electron chi connectivity index (χ2n) is 2.55. The average molecular weight is 194 g/mol. The van der Waals surface area contributed by atoms with Crippen molar-refractivity contribution in [1.29, 1.82) is 0 Å². The molecule has 0 aromatic heterocycles. The standard InChI is InChI=1S/C9H10N2OS/c1-7-2-3-9(13)4-8(7)5-10-11-6-12/h2-6,13H,1H3,(H,11,12)/b10-5-. The van der Waals surface area contributed by atoms with Crippen LogP contribution < -0.4 is 5.43 Å². The van der Waals surface area contributed by atoms with Gasteiger partial charge in [0.05, 0.1) is 6.21 Å². The third-order valence-electron chi connectivity index (χ3n) is 1.59. The second kappa shape index (κ2) is 4.67. The Labute approximate surface area is 82.3 Å². The molecule has 0 fully saturated rings. The molecule has 68 valence electrons. The van der Waals surface area contributed by atoms with Gasteiger partial charge >= 0.3 is 0 Å². The van der Waals surface area contributed by atoms with Gasteiger partial charge in [-0.1, -0.05) is 6.07 Å². The molecule has 1 amide bonds. The van der Waals surface area contributed by atoms with Gasteiger partial charge in [0.2, 0.25) is 6.41 Å². The number of benzene rings is 1. The summed E-state index contributed by atoms with van der Waals surface area (Å²) in [6, 6.07) is 5.74. The molecule has 0 radical (unpaired) electrons. The van der Waals surface area contributed by atoms with Gasteiger partial charge in [0, 0.05) is 4.90 Å². The summed E-state index contributed by atoms with van der Waals surface area (Å²) in [6.45, 7) is 1.97. The smallest absolute Gasteiger partial charge is 0.227 e. The first-order valence-corrected chi connectivity index (χ1v) is 4.20. The van der Waals surface area contributed by atoms with Crippen LogP contribution in [0.1, 0.15) is 11.1 Å². The minimum Gasteiger partial charge on any atom is -0.277 e. The molecule has 13 heavy (non-hydrogen) atoms. The van der Waals surface area contributed by atoms with Crippen molar-refractivity contribution in [2.24, 2.45) is 5.10 Å². The van der Waals surface area contributed by atoms with Crippen LogP contribution in [0.25, 0.3) is 0 Å². The number of nitrogens with one attached hydrogen (secondary N) is 1. The molecule has 0 saturated carbocycles. The number of amides is 1. The topological polar surface area (TPSA) is 41.5 Å². The summed E-state index contributed by atoms with van der Waals surface area (Å²) in [4.78, 5) is 10.8. The Balaban J connectivity index is 2.86. The van der Waals surface area contributed by atoms with E-state index in [0.29, 0.717) is 6.41 Å². The van der Waals surface area contributed by atoms with Crippen LogP contribution in [0.15, 0.2) is 28.2 Å². The molecule has 4 heteroatoms. The van der Waals surface area contributed by atoms with Gasteiger partial charge in [-0.15, -0.1) is 12.6 Å². The van der Waals surface area contributed by atoms with E-state index in [9.17, 15) is 4.79 Å². The van der Waals surface area contributed by atoms with Gasteiger partial charge in [0.1, 0.15) is 0 Å². The number of hydrogen-bond donors (Lipinski definition) is 2. The normalized spacial score (nSPS) is 10.3. The molecule has 0 saturated heterocycles. The number of carbonyl (C=O) groups is 1. The summed E-state index contributed by atoms with van der Waals surface area (Å²) >= 11 is 4.19. The molecule has 0 heterocycles. The summed E-state index contributed by atoms with van der Waals surface area (Å²) < 4.78 is 0. The van der Waals surface area contributed by atoms with Gasteiger partial charge in [-0.2, -0.15) is 5.10 Å². The Kier molecular flexibility index (Phi) is 3.52. The number of hydrazone groups is 1. The fraction of sp³-hybridized carbons (Fsp3) is 0.111. The monoisotopic (exact) mass is 194 g/mol. The SMILES string of the molecule is Cc1ccc(S)cc1/C=N\NC=O. The lowest BCUT2D eigenvalue weighted by molar-refractivity contribution is -0.109. The van der Waals surface area contributed by atoms with Crippen molar-refractivity contribution in [1.82, 2.24) is 5.43 Å². The Hall–Kier alpha value is -1.29. The maximum absolute atomic E-state index is 9.91. The van der Waals surface area contributed by atoms with Gasteiger partial charge in [-0.3, -0.25) is 4.79 Å². The zero-order chi connectivity index (χ0) is 9.68. The Morgan fingerprint density at radius 2 is 2.31 bits per heavy atom. The predicted octanol–water partition coefficient (Wildman–Crippen LogP) is 1.36. The first-order valence-electron chi connectivity index (χ1n) is 3.76. The molecule has 0 atom stereocenters. The second-order valence-corrected chi connectivity index (χ2v) is 3.06. The zero-order valence-corrected chi connectivity index (χ0v) is 8.08. The number of aryl methyl sites for hydroxylation is 1. The van der Waals surface area contributed by atoms with E-state index in [1.807, 2.05) is 25.1 Å². The Morgan fingerprint density at radius 1 is 1.54 bits per heavy atom. The van der Waals surface area contributed by atoms with Crippen molar-refractivity contribution >= 4 is 25.3 Å². The highest BCUT2D eigenvalue weighted by Crippen LogP contribution is 2.11. The third-order valence-corrected chi connectivity index (χ3v) is 1.87. The van der Waals surface area contributed by atoms with E-state index in [1.54, 1.807) is 6.21 Å². The molecule has 1 N–H and O–H groups in total. The molecule has 1 rings (SSSR count). The summed E-state index contributed by atoms with van der Waals surface area (Å²) in [7, 11) is 0. The first-order chi connectivity index (χ1) is 6.24. The molecule has 0 aliphatic heterocycles. The highest BCUT2D eigenvalue weighted by Gasteiger charge is 1.94. The van der Waals surface area contributed by atoms with Gasteiger partial charge < -0.3 is 0 Å². The number of hydrogen-bond acceptors (Lipinski definition) is 3. The van der Waals surface area contributed by atoms with Crippen molar-refractivity contribution in [3.05, 3.63) is 29.3 Å². The van der Waals surface area contributed by atoms with Gasteiger partial charge in [-0.25, -0.2) is 5.43 Å². The van der Waals surface area contributed by atoms with Crippen LogP contribution >= 0.6 is 12.6 Å². The quantitative estimate of drug-likeness (QED) is 0.324. The molecule has 3 nitrogen and oxygen atoms in total. The Bertz CT molecular complexity index is 336. The molecule has 0 spiro atoms. The van der Waals surface area contributed by atoms with Crippen LogP contribution in [0.2, 0.25) is 0 Å². The summed E-state index contributed by atoms with van der Waals surface area (Å²) in [5, 5.41) is 3.69. The maximum atomic E-state index is 9.91. The van der Waals surface area contributed by atoms with Crippen molar-refractivity contribution < 1.29 is 4.79 Å². The molecular weight excluding hydrogens is 184 g/mol. The predicted molar refractivity (Wildman–Crippen MR) is 55.2 cm³/mol. The fourth-order valence-electron chi connectivity index (χ4n) is 0.904. The molecular formula is C9H10N2OS. The highest BCUT2D eigenvalue weighted by atomic mass is 32.1. The minimum atomic E-state index is 0.524. The molecule has 0 aliphatic rings. The van der Waals surface area contributed by atoms with E-state index in [2.05, 4.69) is 23.2 Å². The van der Waals surface area contributed by atoms with Crippen molar-refractivity contribution in [2.75, 3.05) is 0 Å². The van der Waals surface area contributed by atoms with E-state index in [0.717, 1.165) is 16.0 Å². The minimum absolute atomic E-state index is 0.524. The lowest BCUT2D eigenvalue weighted by Crippen LogP contribution is -2.01. The number of carbonyl (C=O) groups excluding carboxylic acids is 1. The van der Waals surface area contributed by atoms with Crippen molar-refractivity contribution in [2.45, 2.75) is 11.8 Å². The summed E-state index contributed by atoms with van der Waals surface area (Å²) in [6.07, 6.45) is 2.11. The molecule has 0 aliphatic carbocycles. The Morgan fingerprint density at radius 3 is 3.00 bits per heavy atom. The summed E-state index contributed by atoms with van der Waals surface area (Å²) in [5.41, 5.74) is 4.25. The van der Waals surface area contributed by atoms with Crippen LogP contribution in [0, 0.1) is 6.92 Å². The van der Waals surface area contributed by atoms with E-state index < -0.39 is 0 Å². The number of nitrogens with zero attached hydrogens (tertiary/aromatic N) is 1. The van der Waals surface area contributed by atoms with Crippen LogP contribution in [0.4, 0.5) is 0 Å². The summed E-state index contributed by atoms with van der Waals surface area (Å²) in [5.74, 6) is 0. The molecule has 1 aromatic rings. The fourth-order valence-corrected chi connectivity index (χ4v) is 1.12. The molecule has 1 aromatic carbocycles. The van der Waals surface area contributed by atoms with Crippen LogP contribution in [0.3, 0.4) is 0 Å².